The Hall–Kier alpha value is -1.60. The molecule has 3 amide bonds. The lowest BCUT2D eigenvalue weighted by Gasteiger charge is -2.48. The van der Waals surface area contributed by atoms with E-state index in [0.717, 1.165) is 57.2 Å². The van der Waals surface area contributed by atoms with Crippen LogP contribution >= 0.6 is 11.3 Å². The van der Waals surface area contributed by atoms with Gasteiger partial charge in [-0.05, 0) is 56.9 Å². The zero-order chi connectivity index (χ0) is 18.9. The minimum atomic E-state index is -0.187. The first kappa shape index (κ1) is 18.7. The molecule has 1 unspecified atom stereocenters. The van der Waals surface area contributed by atoms with Gasteiger partial charge in [-0.25, -0.2) is 4.79 Å². The third-order valence-electron chi connectivity index (χ3n) is 6.09. The van der Waals surface area contributed by atoms with Crippen molar-refractivity contribution in [3.63, 3.8) is 0 Å². The highest BCUT2D eigenvalue weighted by molar-refractivity contribution is 7.08. The number of likely N-dealkylation sites (tertiary alicyclic amines) is 1. The topological polar surface area (TPSA) is 61.9 Å². The molecule has 2 aliphatic heterocycles. The van der Waals surface area contributed by atoms with Crippen molar-refractivity contribution in [1.29, 1.82) is 0 Å². The molecule has 3 fully saturated rings. The van der Waals surface area contributed by atoms with E-state index in [1.54, 1.807) is 11.3 Å². The SMILES string of the molecule is CCNC(=O)N(C1CC1)C1CCOC2(CCN(C(=O)c3ccsc3)CC2)C1. The second-order valence-corrected chi connectivity index (χ2v) is 8.74. The summed E-state index contributed by atoms with van der Waals surface area (Å²) in [5, 5.41) is 6.85. The van der Waals surface area contributed by atoms with Gasteiger partial charge < -0.3 is 19.9 Å². The van der Waals surface area contributed by atoms with Gasteiger partial charge >= 0.3 is 6.03 Å². The number of ether oxygens (including phenoxy) is 1. The molecule has 148 valence electrons. The second-order valence-electron chi connectivity index (χ2n) is 7.96. The molecule has 6 nitrogen and oxygen atoms in total. The Morgan fingerprint density at radius 3 is 2.70 bits per heavy atom. The van der Waals surface area contributed by atoms with Crippen molar-refractivity contribution >= 4 is 23.3 Å². The molecule has 2 saturated heterocycles. The molecule has 1 atom stereocenters. The first-order valence-corrected chi connectivity index (χ1v) is 11.1. The molecule has 0 bridgehead atoms. The Kier molecular flexibility index (Phi) is 5.41. The van der Waals surface area contributed by atoms with Gasteiger partial charge in [0, 0.05) is 43.7 Å². The van der Waals surface area contributed by atoms with Gasteiger partial charge in [-0.15, -0.1) is 0 Å². The fourth-order valence-electron chi connectivity index (χ4n) is 4.50. The van der Waals surface area contributed by atoms with Crippen molar-refractivity contribution in [3.05, 3.63) is 22.4 Å². The summed E-state index contributed by atoms with van der Waals surface area (Å²) in [5.41, 5.74) is 0.600. The summed E-state index contributed by atoms with van der Waals surface area (Å²) in [7, 11) is 0. The fraction of sp³-hybridized carbons (Fsp3) is 0.700. The van der Waals surface area contributed by atoms with E-state index in [2.05, 4.69) is 10.2 Å². The standard InChI is InChI=1S/C20H29N3O3S/c1-2-21-19(25)23(16-3-4-16)17-5-11-26-20(13-17)7-9-22(10-8-20)18(24)15-6-12-27-14-15/h6,12,14,16-17H,2-5,7-11,13H2,1H3,(H,21,25). The Bertz CT molecular complexity index is 666. The summed E-state index contributed by atoms with van der Waals surface area (Å²) in [5.74, 6) is 0.125. The molecule has 7 heteroatoms. The molecular formula is C20H29N3O3S. The molecule has 1 aromatic rings. The van der Waals surface area contributed by atoms with Gasteiger partial charge in [-0.3, -0.25) is 4.79 Å². The van der Waals surface area contributed by atoms with Crippen LogP contribution in [0.3, 0.4) is 0 Å². The average Bonchev–Trinajstić information content (AvgIpc) is 3.33. The van der Waals surface area contributed by atoms with Crippen molar-refractivity contribution in [2.24, 2.45) is 0 Å². The van der Waals surface area contributed by atoms with Gasteiger partial charge in [-0.2, -0.15) is 11.3 Å². The third kappa shape index (κ3) is 3.99. The van der Waals surface area contributed by atoms with E-state index in [4.69, 9.17) is 4.74 Å². The van der Waals surface area contributed by atoms with Gasteiger partial charge in [0.2, 0.25) is 0 Å². The average molecular weight is 392 g/mol. The first-order chi connectivity index (χ1) is 13.1. The lowest BCUT2D eigenvalue weighted by atomic mass is 9.81. The number of nitrogens with one attached hydrogen (secondary N) is 1. The van der Waals surface area contributed by atoms with Gasteiger partial charge in [0.1, 0.15) is 0 Å². The number of hydrogen-bond donors (Lipinski definition) is 1. The highest BCUT2D eigenvalue weighted by Crippen LogP contribution is 2.40. The lowest BCUT2D eigenvalue weighted by molar-refractivity contribution is -0.126. The molecular weight excluding hydrogens is 362 g/mol. The highest BCUT2D eigenvalue weighted by Gasteiger charge is 2.46. The minimum Gasteiger partial charge on any atom is -0.375 e. The second kappa shape index (κ2) is 7.80. The summed E-state index contributed by atoms with van der Waals surface area (Å²) in [6.07, 6.45) is 5.74. The highest BCUT2D eigenvalue weighted by atomic mass is 32.1. The number of hydrogen-bond acceptors (Lipinski definition) is 4. The van der Waals surface area contributed by atoms with Crippen molar-refractivity contribution < 1.29 is 14.3 Å². The third-order valence-corrected chi connectivity index (χ3v) is 6.78. The number of thiophene rings is 1. The zero-order valence-electron chi connectivity index (χ0n) is 16.0. The number of carbonyl (C=O) groups excluding carboxylic acids is 2. The molecule has 0 radical (unpaired) electrons. The summed E-state index contributed by atoms with van der Waals surface area (Å²) in [6, 6.07) is 2.62. The van der Waals surface area contributed by atoms with Gasteiger partial charge in [0.25, 0.3) is 5.91 Å². The molecule has 0 aromatic carbocycles. The van der Waals surface area contributed by atoms with E-state index in [1.807, 2.05) is 28.7 Å². The Balaban J connectivity index is 1.39. The van der Waals surface area contributed by atoms with Gasteiger partial charge in [-0.1, -0.05) is 0 Å². The maximum atomic E-state index is 12.6. The van der Waals surface area contributed by atoms with Crippen LogP contribution in [0, 0.1) is 0 Å². The van der Waals surface area contributed by atoms with Crippen molar-refractivity contribution in [2.75, 3.05) is 26.2 Å². The number of piperidine rings is 1. The molecule has 3 aliphatic rings. The number of rotatable bonds is 4. The quantitative estimate of drug-likeness (QED) is 0.858. The maximum Gasteiger partial charge on any atom is 0.317 e. The van der Waals surface area contributed by atoms with Gasteiger partial charge in [0.15, 0.2) is 0 Å². The summed E-state index contributed by atoms with van der Waals surface area (Å²) < 4.78 is 6.25. The summed E-state index contributed by atoms with van der Waals surface area (Å²) >= 11 is 1.56. The lowest BCUT2D eigenvalue weighted by Crippen LogP contribution is -2.57. The maximum absolute atomic E-state index is 12.6. The molecule has 27 heavy (non-hydrogen) atoms. The molecule has 4 rings (SSSR count). The number of amides is 3. The van der Waals surface area contributed by atoms with E-state index in [9.17, 15) is 9.59 Å². The smallest absolute Gasteiger partial charge is 0.317 e. The van der Waals surface area contributed by atoms with Crippen LogP contribution in [-0.2, 0) is 4.74 Å². The normalized spacial score (nSPS) is 24.6. The monoisotopic (exact) mass is 391 g/mol. The molecule has 3 heterocycles. The molecule has 1 spiro atoms. The van der Waals surface area contributed by atoms with Crippen molar-refractivity contribution in [1.82, 2.24) is 15.1 Å². The molecule has 1 N–H and O–H groups in total. The van der Waals surface area contributed by atoms with Crippen molar-refractivity contribution in [3.8, 4) is 0 Å². The minimum absolute atomic E-state index is 0.0760. The first-order valence-electron chi connectivity index (χ1n) is 10.1. The van der Waals surface area contributed by atoms with Crippen LogP contribution in [0.4, 0.5) is 4.79 Å². The van der Waals surface area contributed by atoms with E-state index < -0.39 is 0 Å². The van der Waals surface area contributed by atoms with Crippen LogP contribution in [0.15, 0.2) is 16.8 Å². The number of nitrogens with zero attached hydrogens (tertiary/aromatic N) is 2. The van der Waals surface area contributed by atoms with Crippen LogP contribution in [0.25, 0.3) is 0 Å². The van der Waals surface area contributed by atoms with E-state index in [0.29, 0.717) is 19.2 Å². The summed E-state index contributed by atoms with van der Waals surface area (Å²) in [4.78, 5) is 29.2. The van der Waals surface area contributed by atoms with Gasteiger partial charge in [0.05, 0.1) is 11.2 Å². The molecule has 1 aromatic heterocycles. The van der Waals surface area contributed by atoms with E-state index in [-0.39, 0.29) is 23.6 Å². The number of carbonyl (C=O) groups is 2. The van der Waals surface area contributed by atoms with E-state index >= 15 is 0 Å². The summed E-state index contributed by atoms with van der Waals surface area (Å²) in [6.45, 7) is 4.79. The Morgan fingerprint density at radius 1 is 1.30 bits per heavy atom. The Labute approximate surface area is 164 Å². The van der Waals surface area contributed by atoms with Crippen LogP contribution in [-0.4, -0.2) is 65.7 Å². The fourth-order valence-corrected chi connectivity index (χ4v) is 5.13. The molecule has 1 saturated carbocycles. The van der Waals surface area contributed by atoms with Crippen LogP contribution in [0.1, 0.15) is 55.8 Å². The Morgan fingerprint density at radius 2 is 2.07 bits per heavy atom. The molecule has 1 aliphatic carbocycles. The van der Waals surface area contributed by atoms with Crippen LogP contribution < -0.4 is 5.32 Å². The van der Waals surface area contributed by atoms with E-state index in [1.165, 1.54) is 0 Å². The number of urea groups is 1. The predicted octanol–water partition coefficient (Wildman–Crippen LogP) is 3.10. The van der Waals surface area contributed by atoms with Crippen LogP contribution in [0.2, 0.25) is 0 Å². The largest absolute Gasteiger partial charge is 0.375 e. The predicted molar refractivity (Wildman–Crippen MR) is 105 cm³/mol. The van der Waals surface area contributed by atoms with Crippen LogP contribution in [0.5, 0.6) is 0 Å². The zero-order valence-corrected chi connectivity index (χ0v) is 16.8. The van der Waals surface area contributed by atoms with Crippen molar-refractivity contribution in [2.45, 2.75) is 63.1 Å².